The number of nitrogens with zero attached hydrogens (tertiary/aromatic N) is 3. The van der Waals surface area contributed by atoms with Gasteiger partial charge in [0.05, 0.1) is 23.5 Å². The topological polar surface area (TPSA) is 33.1 Å². The quantitative estimate of drug-likeness (QED) is 0.690. The van der Waals surface area contributed by atoms with E-state index < -0.39 is 0 Å². The lowest BCUT2D eigenvalue weighted by Crippen LogP contribution is -2.25. The van der Waals surface area contributed by atoms with Gasteiger partial charge in [-0.1, -0.05) is 18.2 Å². The normalized spacial score (nSPS) is 19.4. The third-order valence-corrected chi connectivity index (χ3v) is 5.63. The predicted molar refractivity (Wildman–Crippen MR) is 108 cm³/mol. The zero-order valence-electron chi connectivity index (χ0n) is 15.5. The van der Waals surface area contributed by atoms with E-state index in [1.165, 1.54) is 6.07 Å². The Morgan fingerprint density at radius 2 is 1.85 bits per heavy atom. The maximum absolute atomic E-state index is 14.4. The highest BCUT2D eigenvalue weighted by Gasteiger charge is 2.39. The molecule has 1 aliphatic rings. The Hall–Kier alpha value is -2.73. The van der Waals surface area contributed by atoms with Crippen LogP contribution in [0.25, 0.3) is 5.69 Å². The maximum atomic E-state index is 14.4. The molecule has 1 fully saturated rings. The first-order valence-electron chi connectivity index (χ1n) is 8.87. The van der Waals surface area contributed by atoms with Crippen molar-refractivity contribution in [1.82, 2.24) is 19.8 Å². The third kappa shape index (κ3) is 2.90. The summed E-state index contributed by atoms with van der Waals surface area (Å²) in [6.45, 7) is 4.03. The summed E-state index contributed by atoms with van der Waals surface area (Å²) in [6.07, 6.45) is 1.79. The van der Waals surface area contributed by atoms with Crippen molar-refractivity contribution in [3.8, 4) is 5.69 Å². The first kappa shape index (κ1) is 17.7. The van der Waals surface area contributed by atoms with Gasteiger partial charge in [-0.25, -0.2) is 4.39 Å². The van der Waals surface area contributed by atoms with Gasteiger partial charge in [0.2, 0.25) is 0 Å². The number of nitrogens with one attached hydrogen (secondary N) is 1. The Labute approximate surface area is 163 Å². The molecule has 0 amide bonds. The molecule has 0 spiro atoms. The number of pyridine rings is 1. The van der Waals surface area contributed by atoms with E-state index in [0.717, 1.165) is 22.6 Å². The number of hydrogen-bond donors (Lipinski definition) is 1. The number of hydrogen-bond acceptors (Lipinski definition) is 2. The molecule has 1 N–H and O–H groups in total. The van der Waals surface area contributed by atoms with Crippen LogP contribution < -0.4 is 5.32 Å². The predicted octanol–water partition coefficient (Wildman–Crippen LogP) is 4.23. The van der Waals surface area contributed by atoms with Crippen molar-refractivity contribution in [3.05, 3.63) is 83.2 Å². The van der Waals surface area contributed by atoms with E-state index in [1.807, 2.05) is 49.7 Å². The van der Waals surface area contributed by atoms with Crippen LogP contribution in [0.5, 0.6) is 0 Å². The van der Waals surface area contributed by atoms with Crippen molar-refractivity contribution in [2.75, 3.05) is 7.05 Å². The molecule has 2 atom stereocenters. The van der Waals surface area contributed by atoms with Crippen LogP contribution in [-0.2, 0) is 0 Å². The zero-order chi connectivity index (χ0) is 19.1. The summed E-state index contributed by atoms with van der Waals surface area (Å²) < 4.78 is 16.4. The molecule has 2 unspecified atom stereocenters. The number of halogens is 1. The van der Waals surface area contributed by atoms with E-state index in [2.05, 4.69) is 21.3 Å². The highest BCUT2D eigenvalue weighted by molar-refractivity contribution is 7.80. The lowest BCUT2D eigenvalue weighted by atomic mass is 9.97. The summed E-state index contributed by atoms with van der Waals surface area (Å²) in [5.74, 6) is -0.236. The van der Waals surface area contributed by atoms with Gasteiger partial charge in [-0.15, -0.1) is 0 Å². The first-order valence-corrected chi connectivity index (χ1v) is 9.28. The molecule has 3 heterocycles. The minimum absolute atomic E-state index is 0.0147. The van der Waals surface area contributed by atoms with Crippen LogP contribution in [0, 0.1) is 19.7 Å². The Morgan fingerprint density at radius 1 is 1.11 bits per heavy atom. The number of rotatable bonds is 3. The molecule has 2 aromatic heterocycles. The second-order valence-corrected chi connectivity index (χ2v) is 7.24. The molecule has 0 saturated carbocycles. The fourth-order valence-corrected chi connectivity index (χ4v) is 4.18. The number of thiocarbonyl (C=S) groups is 1. The average molecular weight is 380 g/mol. The van der Waals surface area contributed by atoms with E-state index in [1.54, 1.807) is 18.3 Å². The Balaban J connectivity index is 1.84. The third-order valence-electron chi connectivity index (χ3n) is 5.22. The summed E-state index contributed by atoms with van der Waals surface area (Å²) in [5.41, 5.74) is 4.59. The summed E-state index contributed by atoms with van der Waals surface area (Å²) in [5, 5.41) is 4.07. The van der Waals surface area contributed by atoms with Crippen molar-refractivity contribution in [1.29, 1.82) is 0 Å². The fraction of sp³-hybridized carbons (Fsp3) is 0.238. The molecule has 27 heavy (non-hydrogen) atoms. The van der Waals surface area contributed by atoms with Crippen molar-refractivity contribution in [2.45, 2.75) is 25.9 Å². The molecule has 4 nitrogen and oxygen atoms in total. The van der Waals surface area contributed by atoms with E-state index in [9.17, 15) is 4.39 Å². The van der Waals surface area contributed by atoms with Gasteiger partial charge in [0, 0.05) is 24.6 Å². The van der Waals surface area contributed by atoms with Gasteiger partial charge in [-0.05, 0) is 62.0 Å². The lowest BCUT2D eigenvalue weighted by Gasteiger charge is -2.24. The standard InChI is InChI=1S/C21H21FN4S/c1-13-12-15(14(2)26(13)18-10-5-4-8-16(18)22)20-19(24-21(27)25(20)3)17-9-6-7-11-23-17/h4-12,19-20H,1-3H3,(H,24,27). The average Bonchev–Trinajstić information content (AvgIpc) is 3.12. The number of likely N-dealkylation sites (N-methyl/N-ethyl adjacent to an activating group) is 1. The van der Waals surface area contributed by atoms with Crippen molar-refractivity contribution < 1.29 is 4.39 Å². The molecule has 0 radical (unpaired) electrons. The second kappa shape index (κ2) is 6.78. The highest BCUT2D eigenvalue weighted by atomic mass is 32.1. The highest BCUT2D eigenvalue weighted by Crippen LogP contribution is 2.40. The molecular weight excluding hydrogens is 359 g/mol. The van der Waals surface area contributed by atoms with Gasteiger partial charge in [0.25, 0.3) is 0 Å². The molecule has 1 saturated heterocycles. The number of aryl methyl sites for hydroxylation is 1. The van der Waals surface area contributed by atoms with Gasteiger partial charge in [-0.3, -0.25) is 4.98 Å². The smallest absolute Gasteiger partial charge is 0.169 e. The van der Waals surface area contributed by atoms with E-state index >= 15 is 0 Å². The van der Waals surface area contributed by atoms with E-state index in [0.29, 0.717) is 10.8 Å². The van der Waals surface area contributed by atoms with Crippen LogP contribution in [0.15, 0.2) is 54.7 Å². The van der Waals surface area contributed by atoms with Gasteiger partial charge in [0.15, 0.2) is 5.11 Å². The second-order valence-electron chi connectivity index (χ2n) is 6.85. The fourth-order valence-electron chi connectivity index (χ4n) is 3.94. The summed E-state index contributed by atoms with van der Waals surface area (Å²) in [6, 6.07) is 14.8. The lowest BCUT2D eigenvalue weighted by molar-refractivity contribution is 0.367. The number of aromatic nitrogens is 2. The van der Waals surface area contributed by atoms with Crippen molar-refractivity contribution in [3.63, 3.8) is 0 Å². The van der Waals surface area contributed by atoms with Crippen LogP contribution in [0.3, 0.4) is 0 Å². The van der Waals surface area contributed by atoms with Gasteiger partial charge >= 0.3 is 0 Å². The van der Waals surface area contributed by atoms with E-state index in [4.69, 9.17) is 12.2 Å². The summed E-state index contributed by atoms with van der Waals surface area (Å²) in [4.78, 5) is 6.58. The molecule has 6 heteroatoms. The molecule has 1 aromatic carbocycles. The monoisotopic (exact) mass is 380 g/mol. The van der Waals surface area contributed by atoms with Crippen molar-refractivity contribution >= 4 is 17.3 Å². The van der Waals surface area contributed by atoms with Gasteiger partial charge < -0.3 is 14.8 Å². The van der Waals surface area contributed by atoms with E-state index in [-0.39, 0.29) is 17.9 Å². The molecule has 3 aromatic rings. The maximum Gasteiger partial charge on any atom is 0.169 e. The largest absolute Gasteiger partial charge is 0.352 e. The number of benzene rings is 1. The SMILES string of the molecule is Cc1cc(C2C(c3ccccn3)NC(=S)N2C)c(C)n1-c1ccccc1F. The number of para-hydroxylation sites is 1. The first-order chi connectivity index (χ1) is 13.0. The Morgan fingerprint density at radius 3 is 2.56 bits per heavy atom. The van der Waals surface area contributed by atoms with Crippen molar-refractivity contribution in [2.24, 2.45) is 0 Å². The molecule has 138 valence electrons. The van der Waals surface area contributed by atoms with Crippen LogP contribution in [0.2, 0.25) is 0 Å². The molecule has 0 bridgehead atoms. The summed E-state index contributed by atoms with van der Waals surface area (Å²) >= 11 is 5.51. The Bertz CT molecular complexity index is 999. The molecular formula is C21H21FN4S. The summed E-state index contributed by atoms with van der Waals surface area (Å²) in [7, 11) is 1.98. The zero-order valence-corrected chi connectivity index (χ0v) is 16.3. The van der Waals surface area contributed by atoms with Gasteiger partial charge in [-0.2, -0.15) is 0 Å². The van der Waals surface area contributed by atoms with Crippen LogP contribution in [-0.4, -0.2) is 26.6 Å². The van der Waals surface area contributed by atoms with Crippen LogP contribution in [0.1, 0.15) is 34.7 Å². The molecule has 4 rings (SSSR count). The van der Waals surface area contributed by atoms with Crippen LogP contribution >= 0.6 is 12.2 Å². The minimum Gasteiger partial charge on any atom is -0.352 e. The minimum atomic E-state index is -0.236. The van der Waals surface area contributed by atoms with Crippen LogP contribution in [0.4, 0.5) is 4.39 Å². The van der Waals surface area contributed by atoms with Gasteiger partial charge in [0.1, 0.15) is 5.82 Å². The molecule has 1 aliphatic heterocycles. The Kier molecular flexibility index (Phi) is 4.44. The molecule has 0 aliphatic carbocycles.